The average molecular weight is 337 g/mol. The van der Waals surface area contributed by atoms with Crippen LogP contribution in [0.15, 0.2) is 59.6 Å². The number of aromatic nitrogens is 3. The monoisotopic (exact) mass is 337 g/mol. The van der Waals surface area contributed by atoms with Gasteiger partial charge in [0.05, 0.1) is 12.3 Å². The molecule has 1 atom stereocenters. The fraction of sp³-hybridized carbons (Fsp3) is 0.278. The van der Waals surface area contributed by atoms with Crippen molar-refractivity contribution in [3.63, 3.8) is 0 Å². The largest absolute Gasteiger partial charge is 0.467 e. The van der Waals surface area contributed by atoms with Gasteiger partial charge in [0.15, 0.2) is 5.82 Å². The number of amides is 2. The van der Waals surface area contributed by atoms with Crippen molar-refractivity contribution >= 4 is 6.03 Å². The predicted octanol–water partition coefficient (Wildman–Crippen LogP) is 2.91. The molecule has 2 amide bonds. The molecule has 0 radical (unpaired) electrons. The lowest BCUT2D eigenvalue weighted by molar-refractivity contribution is 0.186. The number of carbonyl (C=O) groups excluding carboxylic acids is 1. The van der Waals surface area contributed by atoms with Crippen LogP contribution < -0.4 is 5.32 Å². The van der Waals surface area contributed by atoms with E-state index in [9.17, 15) is 4.79 Å². The molecule has 0 saturated carbocycles. The summed E-state index contributed by atoms with van der Waals surface area (Å²) < 4.78 is 7.17. The second-order valence-electron chi connectivity index (χ2n) is 6.00. The van der Waals surface area contributed by atoms with E-state index in [0.29, 0.717) is 6.54 Å². The second kappa shape index (κ2) is 6.80. The standard InChI is InChI=1S/C18H19N5O2/c24-18(22-9-1-4-15(22)16-5-2-11-25-16)20-13-14-6-8-19-17(12-14)23-10-3-7-21-23/h2-3,5-8,10-12,15H,1,4,9,13H2,(H,20,24)/t15-/m1/s1. The highest BCUT2D eigenvalue weighted by atomic mass is 16.3. The van der Waals surface area contributed by atoms with Crippen LogP contribution in [0.5, 0.6) is 0 Å². The highest BCUT2D eigenvalue weighted by molar-refractivity contribution is 5.75. The Morgan fingerprint density at radius 1 is 1.32 bits per heavy atom. The van der Waals surface area contributed by atoms with Gasteiger partial charge in [0.2, 0.25) is 0 Å². The van der Waals surface area contributed by atoms with Crippen LogP contribution in [0.2, 0.25) is 0 Å². The summed E-state index contributed by atoms with van der Waals surface area (Å²) >= 11 is 0. The Balaban J connectivity index is 1.41. The van der Waals surface area contributed by atoms with Gasteiger partial charge in [0.1, 0.15) is 5.76 Å². The molecule has 3 aromatic heterocycles. The van der Waals surface area contributed by atoms with Crippen molar-refractivity contribution in [3.05, 3.63) is 66.5 Å². The number of hydrogen-bond acceptors (Lipinski definition) is 4. The van der Waals surface area contributed by atoms with Crippen molar-refractivity contribution in [2.24, 2.45) is 0 Å². The molecular weight excluding hydrogens is 318 g/mol. The predicted molar refractivity (Wildman–Crippen MR) is 91.0 cm³/mol. The molecule has 1 aliphatic rings. The minimum atomic E-state index is -0.0728. The lowest BCUT2D eigenvalue weighted by Crippen LogP contribution is -2.39. The van der Waals surface area contributed by atoms with E-state index < -0.39 is 0 Å². The van der Waals surface area contributed by atoms with Crippen LogP contribution in [0.1, 0.15) is 30.2 Å². The van der Waals surface area contributed by atoms with Crippen LogP contribution in [-0.2, 0) is 6.54 Å². The fourth-order valence-electron chi connectivity index (χ4n) is 3.17. The van der Waals surface area contributed by atoms with Crippen LogP contribution in [-0.4, -0.2) is 32.2 Å². The average Bonchev–Trinajstić information content (AvgIpc) is 3.41. The van der Waals surface area contributed by atoms with Crippen molar-refractivity contribution in [1.82, 2.24) is 25.0 Å². The van der Waals surface area contributed by atoms with E-state index in [-0.39, 0.29) is 12.1 Å². The molecule has 0 spiro atoms. The summed E-state index contributed by atoms with van der Waals surface area (Å²) in [6, 6.07) is 9.39. The van der Waals surface area contributed by atoms with Gasteiger partial charge in [-0.25, -0.2) is 14.5 Å². The SMILES string of the molecule is O=C(NCc1ccnc(-n2cccn2)c1)N1CCC[C@@H]1c1ccco1. The Labute approximate surface area is 145 Å². The molecule has 128 valence electrons. The van der Waals surface area contributed by atoms with E-state index >= 15 is 0 Å². The van der Waals surface area contributed by atoms with E-state index in [1.165, 1.54) is 0 Å². The minimum Gasteiger partial charge on any atom is -0.467 e. The molecule has 4 rings (SSSR count). The molecule has 0 unspecified atom stereocenters. The van der Waals surface area contributed by atoms with Gasteiger partial charge in [-0.3, -0.25) is 0 Å². The first kappa shape index (κ1) is 15.4. The van der Waals surface area contributed by atoms with E-state index in [0.717, 1.165) is 36.5 Å². The van der Waals surface area contributed by atoms with Crippen molar-refractivity contribution in [2.45, 2.75) is 25.4 Å². The number of hydrogen-bond donors (Lipinski definition) is 1. The first-order valence-electron chi connectivity index (χ1n) is 8.34. The maximum absolute atomic E-state index is 12.6. The zero-order chi connectivity index (χ0) is 17.1. The maximum Gasteiger partial charge on any atom is 0.318 e. The molecule has 0 aromatic carbocycles. The summed E-state index contributed by atoms with van der Waals surface area (Å²) in [5.41, 5.74) is 0.975. The van der Waals surface area contributed by atoms with Crippen molar-refractivity contribution in [2.75, 3.05) is 6.54 Å². The van der Waals surface area contributed by atoms with Gasteiger partial charge >= 0.3 is 6.03 Å². The molecule has 7 heteroatoms. The summed E-state index contributed by atoms with van der Waals surface area (Å²) in [6.07, 6.45) is 8.83. The highest BCUT2D eigenvalue weighted by Gasteiger charge is 2.31. The molecular formula is C18H19N5O2. The quantitative estimate of drug-likeness (QED) is 0.794. The third-order valence-electron chi connectivity index (χ3n) is 4.38. The van der Waals surface area contributed by atoms with Crippen molar-refractivity contribution in [3.8, 4) is 5.82 Å². The van der Waals surface area contributed by atoms with Gasteiger partial charge in [-0.15, -0.1) is 0 Å². The van der Waals surface area contributed by atoms with Gasteiger partial charge in [-0.1, -0.05) is 0 Å². The van der Waals surface area contributed by atoms with E-state index in [1.807, 2.05) is 41.4 Å². The number of nitrogens with zero attached hydrogens (tertiary/aromatic N) is 4. The Morgan fingerprint density at radius 2 is 2.28 bits per heavy atom. The summed E-state index contributed by atoms with van der Waals surface area (Å²) in [6.45, 7) is 1.18. The van der Waals surface area contributed by atoms with Crippen LogP contribution in [0.3, 0.4) is 0 Å². The Morgan fingerprint density at radius 3 is 3.08 bits per heavy atom. The molecule has 3 aromatic rings. The summed E-state index contributed by atoms with van der Waals surface area (Å²) in [4.78, 5) is 18.7. The first-order chi connectivity index (χ1) is 12.3. The Kier molecular flexibility index (Phi) is 4.20. The number of furan rings is 1. The number of carbonyl (C=O) groups is 1. The van der Waals surface area contributed by atoms with Gasteiger partial charge in [-0.2, -0.15) is 5.10 Å². The highest BCUT2D eigenvalue weighted by Crippen LogP contribution is 2.31. The molecule has 0 bridgehead atoms. The number of rotatable bonds is 4. The van der Waals surface area contributed by atoms with Gasteiger partial charge in [-0.05, 0) is 48.7 Å². The Hall–Kier alpha value is -3.09. The molecule has 1 aliphatic heterocycles. The maximum atomic E-state index is 12.6. The third kappa shape index (κ3) is 3.26. The smallest absolute Gasteiger partial charge is 0.318 e. The summed E-state index contributed by atoms with van der Waals surface area (Å²) in [7, 11) is 0. The van der Waals surface area contributed by atoms with Crippen molar-refractivity contribution in [1.29, 1.82) is 0 Å². The Bertz CT molecular complexity index is 829. The molecule has 4 heterocycles. The van der Waals surface area contributed by atoms with E-state index in [2.05, 4.69) is 15.4 Å². The van der Waals surface area contributed by atoms with E-state index in [1.54, 1.807) is 23.3 Å². The first-order valence-corrected chi connectivity index (χ1v) is 8.34. The van der Waals surface area contributed by atoms with Crippen LogP contribution >= 0.6 is 0 Å². The van der Waals surface area contributed by atoms with Crippen LogP contribution in [0.4, 0.5) is 4.79 Å². The molecule has 7 nitrogen and oxygen atoms in total. The van der Waals surface area contributed by atoms with Crippen LogP contribution in [0, 0.1) is 0 Å². The lowest BCUT2D eigenvalue weighted by Gasteiger charge is -2.23. The fourth-order valence-corrected chi connectivity index (χ4v) is 3.17. The second-order valence-corrected chi connectivity index (χ2v) is 6.00. The summed E-state index contributed by atoms with van der Waals surface area (Å²) in [5, 5.41) is 7.17. The zero-order valence-corrected chi connectivity index (χ0v) is 13.7. The molecule has 1 N–H and O–H groups in total. The van der Waals surface area contributed by atoms with Gasteiger partial charge in [0, 0.05) is 31.7 Å². The molecule has 0 aliphatic carbocycles. The molecule has 1 fully saturated rings. The third-order valence-corrected chi connectivity index (χ3v) is 4.38. The molecule has 25 heavy (non-hydrogen) atoms. The van der Waals surface area contributed by atoms with Gasteiger partial charge in [0.25, 0.3) is 0 Å². The number of pyridine rings is 1. The van der Waals surface area contributed by atoms with E-state index in [4.69, 9.17) is 4.42 Å². The van der Waals surface area contributed by atoms with Gasteiger partial charge < -0.3 is 14.6 Å². The normalized spacial score (nSPS) is 17.0. The number of likely N-dealkylation sites (tertiary alicyclic amines) is 1. The number of urea groups is 1. The lowest BCUT2D eigenvalue weighted by atomic mass is 10.2. The topological polar surface area (TPSA) is 76.2 Å². The number of nitrogens with one attached hydrogen (secondary N) is 1. The molecule has 1 saturated heterocycles. The van der Waals surface area contributed by atoms with Crippen LogP contribution in [0.25, 0.3) is 5.82 Å². The minimum absolute atomic E-state index is 0.0204. The zero-order valence-electron chi connectivity index (χ0n) is 13.7. The van der Waals surface area contributed by atoms with Crippen molar-refractivity contribution < 1.29 is 9.21 Å². The summed E-state index contributed by atoms with van der Waals surface area (Å²) in [5.74, 6) is 1.57.